The third kappa shape index (κ3) is 6.14. The van der Waals surface area contributed by atoms with Gasteiger partial charge in [-0.2, -0.15) is 0 Å². The fraction of sp³-hybridized carbons (Fsp3) is 0.304. The molecule has 1 amide bonds. The van der Waals surface area contributed by atoms with Crippen molar-refractivity contribution in [2.45, 2.75) is 13.0 Å². The van der Waals surface area contributed by atoms with Gasteiger partial charge in [0.1, 0.15) is 5.01 Å². The molecule has 0 saturated carbocycles. The Kier molecular flexibility index (Phi) is 7.34. The molecule has 8 nitrogen and oxygen atoms in total. The Morgan fingerprint density at radius 1 is 1.18 bits per heavy atom. The number of anilines is 1. The minimum absolute atomic E-state index is 0.0886. The zero-order valence-corrected chi connectivity index (χ0v) is 19.7. The molecule has 0 aliphatic carbocycles. The lowest BCUT2D eigenvalue weighted by atomic mass is 10.1. The average Bonchev–Trinajstić information content (AvgIpc) is 3.25. The normalized spacial score (nSPS) is 14.8. The molecule has 0 bridgehead atoms. The Bertz CT molecular complexity index is 1140. The standard InChI is InChI=1S/C23H24ClN5O3S/c1-27-8-10-28(11-9-27)14-16-2-4-17(5-3-16)23-25-18(15-33-23)12-22(30)26-21-7-6-19(29(31)32)13-20(21)24/h2-7,13,15H,8-12,14H2,1H3,(H,26,30). The lowest BCUT2D eigenvalue weighted by molar-refractivity contribution is -0.384. The largest absolute Gasteiger partial charge is 0.324 e. The van der Waals surface area contributed by atoms with Gasteiger partial charge in [-0.05, 0) is 18.7 Å². The highest BCUT2D eigenvalue weighted by atomic mass is 35.5. The Balaban J connectivity index is 1.34. The van der Waals surface area contributed by atoms with Crippen molar-refractivity contribution in [2.24, 2.45) is 0 Å². The fourth-order valence-corrected chi connectivity index (χ4v) is 4.66. The van der Waals surface area contributed by atoms with Crippen LogP contribution in [0.4, 0.5) is 11.4 Å². The van der Waals surface area contributed by atoms with Crippen LogP contribution in [-0.4, -0.2) is 58.8 Å². The number of thiazole rings is 1. The van der Waals surface area contributed by atoms with Crippen molar-refractivity contribution in [2.75, 3.05) is 38.5 Å². The van der Waals surface area contributed by atoms with Crippen LogP contribution >= 0.6 is 22.9 Å². The van der Waals surface area contributed by atoms with Crippen molar-refractivity contribution in [1.29, 1.82) is 0 Å². The summed E-state index contributed by atoms with van der Waals surface area (Å²) < 4.78 is 0. The number of aromatic nitrogens is 1. The molecule has 0 radical (unpaired) electrons. The van der Waals surface area contributed by atoms with E-state index in [-0.39, 0.29) is 23.0 Å². The zero-order chi connectivity index (χ0) is 23.4. The van der Waals surface area contributed by atoms with Gasteiger partial charge in [-0.15, -0.1) is 11.3 Å². The van der Waals surface area contributed by atoms with Gasteiger partial charge >= 0.3 is 0 Å². The number of halogens is 1. The Labute approximate surface area is 201 Å². The molecule has 0 unspecified atom stereocenters. The van der Waals surface area contributed by atoms with Crippen LogP contribution < -0.4 is 5.32 Å². The second-order valence-electron chi connectivity index (χ2n) is 8.07. The number of nitro groups is 1. The second-order valence-corrected chi connectivity index (χ2v) is 9.33. The maximum absolute atomic E-state index is 12.4. The van der Waals surface area contributed by atoms with Crippen LogP contribution in [0.25, 0.3) is 10.6 Å². The minimum Gasteiger partial charge on any atom is -0.324 e. The van der Waals surface area contributed by atoms with Gasteiger partial charge in [0.25, 0.3) is 5.69 Å². The van der Waals surface area contributed by atoms with Gasteiger partial charge in [0.15, 0.2) is 0 Å². The number of nitrogens with one attached hydrogen (secondary N) is 1. The van der Waals surface area contributed by atoms with E-state index in [0.29, 0.717) is 11.4 Å². The number of likely N-dealkylation sites (N-methyl/N-ethyl adjacent to an activating group) is 1. The number of non-ortho nitro benzene ring substituents is 1. The molecule has 0 spiro atoms. The predicted molar refractivity (Wildman–Crippen MR) is 131 cm³/mol. The van der Waals surface area contributed by atoms with Crippen molar-refractivity contribution in [1.82, 2.24) is 14.8 Å². The molecule has 172 valence electrons. The third-order valence-corrected chi connectivity index (χ3v) is 6.79. The van der Waals surface area contributed by atoms with Crippen molar-refractivity contribution in [3.8, 4) is 10.6 Å². The molecule has 3 aromatic rings. The number of carbonyl (C=O) groups is 1. The van der Waals surface area contributed by atoms with E-state index in [1.165, 1.54) is 35.1 Å². The molecule has 4 rings (SSSR count). The van der Waals surface area contributed by atoms with Crippen LogP contribution in [0.3, 0.4) is 0 Å². The van der Waals surface area contributed by atoms with E-state index in [0.717, 1.165) is 43.3 Å². The summed E-state index contributed by atoms with van der Waals surface area (Å²) in [6.07, 6.45) is 0.0886. The first kappa shape index (κ1) is 23.3. The monoisotopic (exact) mass is 485 g/mol. The number of benzene rings is 2. The van der Waals surface area contributed by atoms with Crippen LogP contribution in [0.2, 0.25) is 5.02 Å². The lowest BCUT2D eigenvalue weighted by Crippen LogP contribution is -2.43. The molecule has 1 saturated heterocycles. The summed E-state index contributed by atoms with van der Waals surface area (Å²) in [5.74, 6) is -0.287. The second kappa shape index (κ2) is 10.4. The number of hydrogen-bond donors (Lipinski definition) is 1. The Morgan fingerprint density at radius 2 is 1.91 bits per heavy atom. The molecule has 2 heterocycles. The maximum atomic E-state index is 12.4. The quantitative estimate of drug-likeness (QED) is 0.396. The highest BCUT2D eigenvalue weighted by Crippen LogP contribution is 2.28. The van der Waals surface area contributed by atoms with E-state index in [1.54, 1.807) is 0 Å². The van der Waals surface area contributed by atoms with E-state index in [4.69, 9.17) is 11.6 Å². The minimum atomic E-state index is -0.534. The smallest absolute Gasteiger partial charge is 0.271 e. The van der Waals surface area contributed by atoms with Gasteiger partial charge in [-0.3, -0.25) is 19.8 Å². The number of hydrogen-bond acceptors (Lipinski definition) is 7. The first-order valence-electron chi connectivity index (χ1n) is 10.6. The van der Waals surface area contributed by atoms with Crippen LogP contribution in [0.5, 0.6) is 0 Å². The van der Waals surface area contributed by atoms with Crippen molar-refractivity contribution < 1.29 is 9.72 Å². The Morgan fingerprint density at radius 3 is 2.58 bits per heavy atom. The third-order valence-electron chi connectivity index (χ3n) is 5.53. The number of amides is 1. The van der Waals surface area contributed by atoms with Crippen molar-refractivity contribution in [3.63, 3.8) is 0 Å². The summed E-state index contributed by atoms with van der Waals surface area (Å²) in [4.78, 5) is 32.1. The molecule has 1 N–H and O–H groups in total. The van der Waals surface area contributed by atoms with Gasteiger partial charge in [-0.1, -0.05) is 35.9 Å². The molecule has 1 fully saturated rings. The molecular weight excluding hydrogens is 462 g/mol. The molecule has 2 aromatic carbocycles. The predicted octanol–water partition coefficient (Wildman–Crippen LogP) is 4.30. The zero-order valence-electron chi connectivity index (χ0n) is 18.2. The molecule has 33 heavy (non-hydrogen) atoms. The molecule has 1 aromatic heterocycles. The van der Waals surface area contributed by atoms with Crippen LogP contribution in [0.15, 0.2) is 47.8 Å². The first-order chi connectivity index (χ1) is 15.9. The number of rotatable bonds is 7. The summed E-state index contributed by atoms with van der Waals surface area (Å²) in [6, 6.07) is 12.4. The highest BCUT2D eigenvalue weighted by Gasteiger charge is 2.15. The van der Waals surface area contributed by atoms with E-state index >= 15 is 0 Å². The molecule has 1 aliphatic rings. The SMILES string of the molecule is CN1CCN(Cc2ccc(-c3nc(CC(=O)Nc4ccc([N+](=O)[O-])cc4Cl)cs3)cc2)CC1. The molecule has 0 atom stereocenters. The van der Waals surface area contributed by atoms with Gasteiger partial charge in [0.05, 0.1) is 27.7 Å². The summed E-state index contributed by atoms with van der Waals surface area (Å²) in [5, 5.41) is 16.3. The van der Waals surface area contributed by atoms with E-state index < -0.39 is 4.92 Å². The number of nitrogens with zero attached hydrogens (tertiary/aromatic N) is 4. The van der Waals surface area contributed by atoms with Crippen LogP contribution in [0.1, 0.15) is 11.3 Å². The Hall–Kier alpha value is -2.85. The molecular formula is C23H24ClN5O3S. The average molecular weight is 486 g/mol. The van der Waals surface area contributed by atoms with Gasteiger partial charge in [0.2, 0.25) is 5.91 Å². The molecule has 1 aliphatic heterocycles. The fourth-order valence-electron chi connectivity index (χ4n) is 3.62. The van der Waals surface area contributed by atoms with Gasteiger partial charge in [0, 0.05) is 55.8 Å². The number of nitro benzene ring substituents is 1. The van der Waals surface area contributed by atoms with Crippen molar-refractivity contribution in [3.05, 3.63) is 74.2 Å². The summed E-state index contributed by atoms with van der Waals surface area (Å²) in [6.45, 7) is 5.32. The highest BCUT2D eigenvalue weighted by molar-refractivity contribution is 7.13. The van der Waals surface area contributed by atoms with Gasteiger partial charge in [-0.25, -0.2) is 4.98 Å². The van der Waals surface area contributed by atoms with Crippen LogP contribution in [-0.2, 0) is 17.8 Å². The van der Waals surface area contributed by atoms with E-state index in [9.17, 15) is 14.9 Å². The molecule has 10 heteroatoms. The van der Waals surface area contributed by atoms with E-state index in [2.05, 4.69) is 51.4 Å². The summed E-state index contributed by atoms with van der Waals surface area (Å²) in [7, 11) is 2.16. The maximum Gasteiger partial charge on any atom is 0.271 e. The van der Waals surface area contributed by atoms with Gasteiger partial charge < -0.3 is 10.2 Å². The number of piperazine rings is 1. The van der Waals surface area contributed by atoms with E-state index in [1.807, 2.05) is 5.38 Å². The lowest BCUT2D eigenvalue weighted by Gasteiger charge is -2.32. The number of carbonyl (C=O) groups excluding carboxylic acids is 1. The van der Waals surface area contributed by atoms with Crippen LogP contribution in [0, 0.1) is 10.1 Å². The topological polar surface area (TPSA) is 91.6 Å². The summed E-state index contributed by atoms with van der Waals surface area (Å²) in [5.41, 5.74) is 3.16. The van der Waals surface area contributed by atoms with Crippen molar-refractivity contribution >= 4 is 40.2 Å². The first-order valence-corrected chi connectivity index (χ1v) is 11.8. The summed E-state index contributed by atoms with van der Waals surface area (Å²) >= 11 is 7.54.